The molecule has 5 nitrogen and oxygen atoms in total. The number of allylic oxidation sites excluding steroid dienone is 1. The number of amides is 2. The zero-order valence-corrected chi connectivity index (χ0v) is 18.3. The van der Waals surface area contributed by atoms with E-state index < -0.39 is 0 Å². The Bertz CT molecular complexity index is 1150. The number of H-pyrrole nitrogens is 1. The van der Waals surface area contributed by atoms with Crippen LogP contribution in [0.15, 0.2) is 54.1 Å². The van der Waals surface area contributed by atoms with Crippen molar-refractivity contribution in [2.24, 2.45) is 0 Å². The molecule has 4 rings (SSSR count). The van der Waals surface area contributed by atoms with E-state index in [1.165, 1.54) is 18.4 Å². The number of hydrogen-bond acceptors (Lipinski definition) is 2. The lowest BCUT2D eigenvalue weighted by molar-refractivity contribution is 0.0951. The molecule has 1 heterocycles. The molecule has 0 bridgehead atoms. The van der Waals surface area contributed by atoms with E-state index in [9.17, 15) is 9.59 Å². The number of carbonyl (C=O) groups excluding carboxylic acids is 2. The van der Waals surface area contributed by atoms with Gasteiger partial charge < -0.3 is 15.6 Å². The molecule has 3 N–H and O–H groups in total. The molecule has 0 saturated carbocycles. The number of aryl methyl sites for hydroxylation is 1. The maximum absolute atomic E-state index is 13.0. The van der Waals surface area contributed by atoms with E-state index in [1.807, 2.05) is 25.1 Å². The summed E-state index contributed by atoms with van der Waals surface area (Å²) >= 11 is 5.93. The third kappa shape index (κ3) is 5.00. The Labute approximate surface area is 186 Å². The van der Waals surface area contributed by atoms with Crippen LogP contribution in [0, 0.1) is 6.92 Å². The first-order valence-electron chi connectivity index (χ1n) is 10.7. The van der Waals surface area contributed by atoms with Crippen molar-refractivity contribution < 1.29 is 9.59 Å². The van der Waals surface area contributed by atoms with Crippen LogP contribution in [0.25, 0.3) is 10.9 Å². The molecule has 1 aliphatic carbocycles. The average Bonchev–Trinajstić information content (AvgIpc) is 3.12. The van der Waals surface area contributed by atoms with Crippen LogP contribution in [0.4, 0.5) is 5.69 Å². The molecule has 2 aromatic carbocycles. The average molecular weight is 436 g/mol. The first kappa shape index (κ1) is 21.2. The van der Waals surface area contributed by atoms with Crippen LogP contribution in [-0.2, 0) is 0 Å². The summed E-state index contributed by atoms with van der Waals surface area (Å²) in [6.07, 6.45) is 7.87. The number of fused-ring (bicyclic) bond motifs is 1. The number of halogens is 1. The van der Waals surface area contributed by atoms with E-state index in [2.05, 4.69) is 21.7 Å². The van der Waals surface area contributed by atoms with E-state index in [1.54, 1.807) is 24.3 Å². The van der Waals surface area contributed by atoms with Gasteiger partial charge >= 0.3 is 0 Å². The Morgan fingerprint density at radius 2 is 1.87 bits per heavy atom. The van der Waals surface area contributed by atoms with E-state index in [0.29, 0.717) is 28.5 Å². The second-order valence-electron chi connectivity index (χ2n) is 8.00. The van der Waals surface area contributed by atoms with Gasteiger partial charge in [-0.05, 0) is 75.4 Å². The first-order chi connectivity index (χ1) is 15.0. The summed E-state index contributed by atoms with van der Waals surface area (Å²) in [5, 5.41) is 7.30. The highest BCUT2D eigenvalue weighted by Gasteiger charge is 2.20. The summed E-state index contributed by atoms with van der Waals surface area (Å²) < 4.78 is 0. The van der Waals surface area contributed by atoms with Crippen molar-refractivity contribution in [3.05, 3.63) is 76.0 Å². The fourth-order valence-electron chi connectivity index (χ4n) is 3.95. The van der Waals surface area contributed by atoms with Crippen LogP contribution in [0.1, 0.15) is 58.5 Å². The monoisotopic (exact) mass is 435 g/mol. The van der Waals surface area contributed by atoms with Crippen molar-refractivity contribution in [1.29, 1.82) is 0 Å². The summed E-state index contributed by atoms with van der Waals surface area (Å²) in [4.78, 5) is 29.0. The Morgan fingerprint density at radius 3 is 2.61 bits per heavy atom. The van der Waals surface area contributed by atoms with Gasteiger partial charge in [-0.25, -0.2) is 0 Å². The van der Waals surface area contributed by atoms with Gasteiger partial charge in [0.1, 0.15) is 5.69 Å². The number of nitrogens with one attached hydrogen (secondary N) is 3. The summed E-state index contributed by atoms with van der Waals surface area (Å²) in [6, 6.07) is 12.5. The maximum atomic E-state index is 13.0. The second-order valence-corrected chi connectivity index (χ2v) is 8.44. The number of rotatable bonds is 6. The molecular weight excluding hydrogens is 410 g/mol. The highest BCUT2D eigenvalue weighted by atomic mass is 35.5. The highest BCUT2D eigenvalue weighted by Crippen LogP contribution is 2.29. The quantitative estimate of drug-likeness (QED) is 0.415. The largest absolute Gasteiger partial charge is 0.350 e. The lowest BCUT2D eigenvalue weighted by Gasteiger charge is -2.13. The first-order valence-corrected chi connectivity index (χ1v) is 11.0. The minimum absolute atomic E-state index is 0.225. The Morgan fingerprint density at radius 1 is 1.06 bits per heavy atom. The van der Waals surface area contributed by atoms with Crippen LogP contribution < -0.4 is 10.6 Å². The third-order valence-electron chi connectivity index (χ3n) is 5.64. The van der Waals surface area contributed by atoms with Crippen LogP contribution in [0.3, 0.4) is 0 Å². The molecular formula is C25H26ClN3O2. The number of benzene rings is 2. The molecule has 3 aromatic rings. The molecule has 1 aromatic heterocycles. The van der Waals surface area contributed by atoms with Gasteiger partial charge in [-0.1, -0.05) is 34.9 Å². The van der Waals surface area contributed by atoms with Gasteiger partial charge in [0.15, 0.2) is 0 Å². The van der Waals surface area contributed by atoms with Gasteiger partial charge in [0.2, 0.25) is 0 Å². The lowest BCUT2D eigenvalue weighted by Crippen LogP contribution is -2.26. The summed E-state index contributed by atoms with van der Waals surface area (Å²) in [7, 11) is 0. The number of aromatic nitrogens is 1. The minimum Gasteiger partial charge on any atom is -0.350 e. The van der Waals surface area contributed by atoms with Crippen LogP contribution in [0.2, 0.25) is 5.02 Å². The van der Waals surface area contributed by atoms with Crippen molar-refractivity contribution in [2.45, 2.75) is 39.0 Å². The van der Waals surface area contributed by atoms with E-state index in [4.69, 9.17) is 11.6 Å². The van der Waals surface area contributed by atoms with Crippen LogP contribution in [0.5, 0.6) is 0 Å². The highest BCUT2D eigenvalue weighted by molar-refractivity contribution is 6.30. The Hall–Kier alpha value is -3.05. The Kier molecular flexibility index (Phi) is 6.42. The molecule has 31 heavy (non-hydrogen) atoms. The topological polar surface area (TPSA) is 74.0 Å². The molecule has 6 heteroatoms. The lowest BCUT2D eigenvalue weighted by atomic mass is 9.97. The summed E-state index contributed by atoms with van der Waals surface area (Å²) in [5.41, 5.74) is 4.59. The van der Waals surface area contributed by atoms with Crippen molar-refractivity contribution in [3.63, 3.8) is 0 Å². The maximum Gasteiger partial charge on any atom is 0.269 e. The smallest absolute Gasteiger partial charge is 0.269 e. The van der Waals surface area contributed by atoms with Gasteiger partial charge in [0.25, 0.3) is 11.8 Å². The standard InChI is InChI=1S/C25H26ClN3O2/c1-16-7-12-21-20(15-16)22(29-24(30)18-8-10-19(26)11-9-18)23(28-21)25(31)27-14-13-17-5-3-2-4-6-17/h5,7-12,15,28H,2-4,6,13-14H2,1H3,(H,27,31)(H,29,30). The molecule has 0 saturated heterocycles. The zero-order chi connectivity index (χ0) is 21.8. The van der Waals surface area contributed by atoms with Gasteiger partial charge in [-0.15, -0.1) is 0 Å². The van der Waals surface area contributed by atoms with Gasteiger partial charge in [-0.3, -0.25) is 9.59 Å². The van der Waals surface area contributed by atoms with Crippen LogP contribution >= 0.6 is 11.6 Å². The fraction of sp³-hybridized carbons (Fsp3) is 0.280. The minimum atomic E-state index is -0.291. The van der Waals surface area contributed by atoms with Crippen molar-refractivity contribution >= 4 is 40.0 Å². The molecule has 160 valence electrons. The van der Waals surface area contributed by atoms with E-state index in [-0.39, 0.29) is 11.8 Å². The van der Waals surface area contributed by atoms with Crippen molar-refractivity contribution in [1.82, 2.24) is 10.3 Å². The van der Waals surface area contributed by atoms with Gasteiger partial charge in [0.05, 0.1) is 5.69 Å². The number of aromatic amines is 1. The van der Waals surface area contributed by atoms with Crippen molar-refractivity contribution in [2.75, 3.05) is 11.9 Å². The number of anilines is 1. The van der Waals surface area contributed by atoms with Gasteiger partial charge in [0, 0.05) is 28.0 Å². The van der Waals surface area contributed by atoms with Gasteiger partial charge in [-0.2, -0.15) is 0 Å². The van der Waals surface area contributed by atoms with Crippen molar-refractivity contribution in [3.8, 4) is 0 Å². The predicted molar refractivity (Wildman–Crippen MR) is 126 cm³/mol. The summed E-state index contributed by atoms with van der Waals surface area (Å²) in [6.45, 7) is 2.55. The fourth-order valence-corrected chi connectivity index (χ4v) is 4.08. The normalized spacial score (nSPS) is 13.7. The van der Waals surface area contributed by atoms with Crippen LogP contribution in [-0.4, -0.2) is 23.3 Å². The second kappa shape index (κ2) is 9.40. The SMILES string of the molecule is Cc1ccc2[nH]c(C(=O)NCCC3=CCCCC3)c(NC(=O)c3ccc(Cl)cc3)c2c1. The third-order valence-corrected chi connectivity index (χ3v) is 5.89. The molecule has 0 fully saturated rings. The number of carbonyl (C=O) groups is 2. The zero-order valence-electron chi connectivity index (χ0n) is 17.6. The summed E-state index contributed by atoms with van der Waals surface area (Å²) in [5.74, 6) is -0.517. The molecule has 0 spiro atoms. The molecule has 0 radical (unpaired) electrons. The van der Waals surface area contributed by atoms with E-state index >= 15 is 0 Å². The Balaban J connectivity index is 1.57. The number of hydrogen-bond donors (Lipinski definition) is 3. The molecule has 0 aliphatic heterocycles. The predicted octanol–water partition coefficient (Wildman–Crippen LogP) is 6.00. The van der Waals surface area contributed by atoms with E-state index in [0.717, 1.165) is 35.7 Å². The molecule has 0 unspecified atom stereocenters. The molecule has 1 aliphatic rings. The molecule has 2 amide bonds. The molecule has 0 atom stereocenters.